The average molecular weight is 219 g/mol. The summed E-state index contributed by atoms with van der Waals surface area (Å²) < 4.78 is 0. The molecule has 0 saturated heterocycles. The molecular weight excluding hydrogens is 198 g/mol. The Labute approximate surface area is 90.7 Å². The maximum atomic E-state index is 10.3. The topological polar surface area (TPSA) is 49.3 Å². The minimum Gasteiger partial charge on any atom is -0.481 e. The fourth-order valence-electron chi connectivity index (χ4n) is 1.29. The highest BCUT2D eigenvalue weighted by Crippen LogP contribution is 2.03. The van der Waals surface area contributed by atoms with Crippen LogP contribution < -0.4 is 5.32 Å². The Morgan fingerprint density at radius 1 is 1.36 bits per heavy atom. The van der Waals surface area contributed by atoms with Crippen LogP contribution in [-0.4, -0.2) is 35.2 Å². The number of carboxylic acid groups (broad SMARTS) is 1. The van der Waals surface area contributed by atoms with Gasteiger partial charge in [0.15, 0.2) is 0 Å². The van der Waals surface area contributed by atoms with Crippen LogP contribution in [-0.2, 0) is 4.79 Å². The quantitative estimate of drug-likeness (QED) is 0.655. The molecule has 0 heterocycles. The Hall–Kier alpha value is -0.220. The van der Waals surface area contributed by atoms with E-state index < -0.39 is 5.97 Å². The monoisotopic (exact) mass is 219 g/mol. The first kappa shape index (κ1) is 13.8. The minimum atomic E-state index is -0.713. The number of carboxylic acids is 1. The van der Waals surface area contributed by atoms with Crippen LogP contribution in [0.15, 0.2) is 0 Å². The summed E-state index contributed by atoms with van der Waals surface area (Å²) in [4.78, 5) is 10.3. The standard InChI is InChI=1S/C10H21NO2S/c1-8(4-5-10(12)13)11-9(2)6-7-14-3/h8-9,11H,4-7H2,1-3H3,(H,12,13). The van der Waals surface area contributed by atoms with E-state index in [1.165, 1.54) is 0 Å². The highest BCUT2D eigenvalue weighted by atomic mass is 32.2. The van der Waals surface area contributed by atoms with Gasteiger partial charge in [-0.3, -0.25) is 4.79 Å². The van der Waals surface area contributed by atoms with Crippen molar-refractivity contribution in [3.8, 4) is 0 Å². The molecule has 2 unspecified atom stereocenters. The summed E-state index contributed by atoms with van der Waals surface area (Å²) in [7, 11) is 0. The lowest BCUT2D eigenvalue weighted by molar-refractivity contribution is -0.137. The van der Waals surface area contributed by atoms with Crippen LogP contribution in [0.4, 0.5) is 0 Å². The van der Waals surface area contributed by atoms with E-state index in [1.807, 2.05) is 18.7 Å². The third-order valence-electron chi connectivity index (χ3n) is 2.12. The summed E-state index contributed by atoms with van der Waals surface area (Å²) in [5.41, 5.74) is 0. The molecule has 14 heavy (non-hydrogen) atoms. The van der Waals surface area contributed by atoms with Crippen LogP contribution in [0.2, 0.25) is 0 Å². The second-order valence-electron chi connectivity index (χ2n) is 3.68. The molecule has 0 rings (SSSR count). The maximum absolute atomic E-state index is 10.3. The zero-order chi connectivity index (χ0) is 11.0. The van der Waals surface area contributed by atoms with E-state index in [9.17, 15) is 4.79 Å². The van der Waals surface area contributed by atoms with Crippen molar-refractivity contribution in [2.45, 2.75) is 45.2 Å². The summed E-state index contributed by atoms with van der Waals surface area (Å²) in [6.07, 6.45) is 4.20. The van der Waals surface area contributed by atoms with Crippen LogP contribution >= 0.6 is 11.8 Å². The van der Waals surface area contributed by atoms with Crippen LogP contribution in [0.1, 0.15) is 33.1 Å². The van der Waals surface area contributed by atoms with Crippen LogP contribution in [0.5, 0.6) is 0 Å². The van der Waals surface area contributed by atoms with Crippen molar-refractivity contribution in [3.05, 3.63) is 0 Å². The van der Waals surface area contributed by atoms with Crippen molar-refractivity contribution < 1.29 is 9.90 Å². The molecule has 84 valence electrons. The summed E-state index contributed by atoms with van der Waals surface area (Å²) in [6.45, 7) is 4.19. The summed E-state index contributed by atoms with van der Waals surface area (Å²) in [5.74, 6) is 0.440. The molecule has 0 amide bonds. The fourth-order valence-corrected chi connectivity index (χ4v) is 1.88. The predicted octanol–water partition coefficient (Wildman–Crippen LogP) is 1.97. The number of aliphatic carboxylic acids is 1. The Morgan fingerprint density at radius 2 is 1.93 bits per heavy atom. The smallest absolute Gasteiger partial charge is 0.303 e. The maximum Gasteiger partial charge on any atom is 0.303 e. The van der Waals surface area contributed by atoms with Gasteiger partial charge in [-0.1, -0.05) is 0 Å². The van der Waals surface area contributed by atoms with Gasteiger partial charge in [0.2, 0.25) is 0 Å². The molecule has 0 radical (unpaired) electrons. The number of hydrogen-bond donors (Lipinski definition) is 2. The molecule has 3 nitrogen and oxygen atoms in total. The van der Waals surface area contributed by atoms with Gasteiger partial charge in [-0.05, 0) is 38.7 Å². The van der Waals surface area contributed by atoms with Crippen LogP contribution in [0.3, 0.4) is 0 Å². The SMILES string of the molecule is CSCCC(C)NC(C)CCC(=O)O. The molecule has 0 saturated carbocycles. The van der Waals surface area contributed by atoms with E-state index >= 15 is 0 Å². The third-order valence-corrected chi connectivity index (χ3v) is 2.76. The highest BCUT2D eigenvalue weighted by molar-refractivity contribution is 7.98. The predicted molar refractivity (Wildman–Crippen MR) is 61.9 cm³/mol. The number of hydrogen-bond acceptors (Lipinski definition) is 3. The van der Waals surface area contributed by atoms with Gasteiger partial charge in [-0.2, -0.15) is 11.8 Å². The van der Waals surface area contributed by atoms with E-state index in [0.717, 1.165) is 12.2 Å². The van der Waals surface area contributed by atoms with E-state index in [4.69, 9.17) is 5.11 Å². The first-order valence-electron chi connectivity index (χ1n) is 5.03. The third kappa shape index (κ3) is 8.38. The van der Waals surface area contributed by atoms with Gasteiger partial charge < -0.3 is 10.4 Å². The highest BCUT2D eigenvalue weighted by Gasteiger charge is 2.08. The van der Waals surface area contributed by atoms with Crippen molar-refractivity contribution in [1.82, 2.24) is 5.32 Å². The van der Waals surface area contributed by atoms with Crippen LogP contribution in [0, 0.1) is 0 Å². The summed E-state index contributed by atoms with van der Waals surface area (Å²) in [6, 6.07) is 0.772. The first-order valence-corrected chi connectivity index (χ1v) is 6.42. The van der Waals surface area contributed by atoms with Crippen molar-refractivity contribution in [1.29, 1.82) is 0 Å². The molecule has 0 fully saturated rings. The van der Waals surface area contributed by atoms with Gasteiger partial charge in [0.25, 0.3) is 0 Å². The second-order valence-corrected chi connectivity index (χ2v) is 4.67. The number of nitrogens with one attached hydrogen (secondary N) is 1. The van der Waals surface area contributed by atoms with Crippen molar-refractivity contribution in [2.24, 2.45) is 0 Å². The Kier molecular flexibility index (Phi) is 7.99. The van der Waals surface area contributed by atoms with Gasteiger partial charge in [-0.15, -0.1) is 0 Å². The molecule has 2 atom stereocenters. The number of carbonyl (C=O) groups is 1. The lowest BCUT2D eigenvalue weighted by Crippen LogP contribution is -2.35. The number of rotatable bonds is 8. The van der Waals surface area contributed by atoms with E-state index in [2.05, 4.69) is 18.5 Å². The Morgan fingerprint density at radius 3 is 2.43 bits per heavy atom. The average Bonchev–Trinajstić information content (AvgIpc) is 2.11. The van der Waals surface area contributed by atoms with Gasteiger partial charge in [-0.25, -0.2) is 0 Å². The van der Waals surface area contributed by atoms with E-state index in [-0.39, 0.29) is 6.42 Å². The molecule has 0 aliphatic carbocycles. The van der Waals surface area contributed by atoms with Gasteiger partial charge >= 0.3 is 5.97 Å². The Bertz CT molecular complexity index is 164. The molecule has 0 aromatic rings. The summed E-state index contributed by atoms with van der Waals surface area (Å²) >= 11 is 1.84. The zero-order valence-electron chi connectivity index (χ0n) is 9.25. The molecule has 0 aliphatic rings. The van der Waals surface area contributed by atoms with Crippen molar-refractivity contribution >= 4 is 17.7 Å². The lowest BCUT2D eigenvalue weighted by atomic mass is 10.1. The number of thioether (sulfide) groups is 1. The Balaban J connectivity index is 3.49. The van der Waals surface area contributed by atoms with Crippen molar-refractivity contribution in [3.63, 3.8) is 0 Å². The lowest BCUT2D eigenvalue weighted by Gasteiger charge is -2.18. The van der Waals surface area contributed by atoms with E-state index in [1.54, 1.807) is 0 Å². The zero-order valence-corrected chi connectivity index (χ0v) is 10.1. The van der Waals surface area contributed by atoms with E-state index in [0.29, 0.717) is 18.5 Å². The molecule has 2 N–H and O–H groups in total. The molecule has 4 heteroatoms. The minimum absolute atomic E-state index is 0.253. The second kappa shape index (κ2) is 8.12. The normalized spacial score (nSPS) is 15.1. The molecule has 0 spiro atoms. The molecule has 0 aromatic heterocycles. The van der Waals surface area contributed by atoms with Gasteiger partial charge in [0.1, 0.15) is 0 Å². The van der Waals surface area contributed by atoms with Crippen molar-refractivity contribution in [2.75, 3.05) is 12.0 Å². The van der Waals surface area contributed by atoms with Gasteiger partial charge in [0.05, 0.1) is 0 Å². The molecule has 0 bridgehead atoms. The van der Waals surface area contributed by atoms with Gasteiger partial charge in [0, 0.05) is 18.5 Å². The fraction of sp³-hybridized carbons (Fsp3) is 0.900. The molecular formula is C10H21NO2S. The van der Waals surface area contributed by atoms with Crippen LogP contribution in [0.25, 0.3) is 0 Å². The first-order chi connectivity index (χ1) is 6.56. The largest absolute Gasteiger partial charge is 0.481 e. The molecule has 0 aromatic carbocycles. The molecule has 0 aliphatic heterocycles. The summed E-state index contributed by atoms with van der Waals surface area (Å²) in [5, 5.41) is 11.9.